The Balaban J connectivity index is 1.47. The van der Waals surface area contributed by atoms with Crippen molar-refractivity contribution in [3.05, 3.63) is 69.7 Å². The molecule has 0 bridgehead atoms. The summed E-state index contributed by atoms with van der Waals surface area (Å²) in [5, 5.41) is 10.2. The van der Waals surface area contributed by atoms with Gasteiger partial charge in [-0.15, -0.1) is 0 Å². The van der Waals surface area contributed by atoms with E-state index in [1.54, 1.807) is 0 Å². The molecule has 2 aliphatic rings. The van der Waals surface area contributed by atoms with Crippen LogP contribution in [0.4, 0.5) is 0 Å². The van der Waals surface area contributed by atoms with E-state index in [4.69, 9.17) is 0 Å². The van der Waals surface area contributed by atoms with Crippen LogP contribution in [0, 0.1) is 6.92 Å². The monoisotopic (exact) mass is 548 g/mol. The molecule has 6 nitrogen and oxygen atoms in total. The largest absolute Gasteiger partial charge is 0.480 e. The minimum absolute atomic E-state index is 0.101. The Morgan fingerprint density at radius 1 is 1.12 bits per heavy atom. The Labute approximate surface area is 211 Å². The summed E-state index contributed by atoms with van der Waals surface area (Å²) in [6.45, 7) is 5.84. The SMILES string of the molecule is Cc1cc(C2CCN(S(=O)(=O)C3(C(=O)O)CCN(Cc4ccccc4)C(C)C3)CC2)ccc1Br. The Hall–Kier alpha value is -1.74. The van der Waals surface area contributed by atoms with Gasteiger partial charge in [0.2, 0.25) is 10.0 Å². The van der Waals surface area contributed by atoms with Crippen molar-refractivity contribution in [3.8, 4) is 0 Å². The van der Waals surface area contributed by atoms with Crippen molar-refractivity contribution in [2.24, 2.45) is 0 Å². The minimum atomic E-state index is -4.00. The van der Waals surface area contributed by atoms with Gasteiger partial charge in [0.15, 0.2) is 4.75 Å². The maximum atomic E-state index is 13.8. The lowest BCUT2D eigenvalue weighted by molar-refractivity contribution is -0.142. The van der Waals surface area contributed by atoms with Gasteiger partial charge in [0.05, 0.1) is 0 Å². The third-order valence-electron chi connectivity index (χ3n) is 7.61. The van der Waals surface area contributed by atoms with Crippen LogP contribution in [0.1, 0.15) is 55.2 Å². The molecule has 2 saturated heterocycles. The number of piperidine rings is 2. The topological polar surface area (TPSA) is 77.9 Å². The number of likely N-dealkylation sites (tertiary alicyclic amines) is 1. The number of nitrogens with zero attached hydrogens (tertiary/aromatic N) is 2. The first kappa shape index (κ1) is 25.4. The van der Waals surface area contributed by atoms with Crippen LogP contribution in [0.25, 0.3) is 0 Å². The van der Waals surface area contributed by atoms with Gasteiger partial charge in [-0.1, -0.05) is 58.4 Å². The second-order valence-corrected chi connectivity index (χ2v) is 12.8. The first-order chi connectivity index (χ1) is 16.1. The van der Waals surface area contributed by atoms with E-state index < -0.39 is 20.7 Å². The van der Waals surface area contributed by atoms with Crippen molar-refractivity contribution in [2.75, 3.05) is 19.6 Å². The molecule has 8 heteroatoms. The summed E-state index contributed by atoms with van der Waals surface area (Å²) in [4.78, 5) is 14.7. The molecule has 34 heavy (non-hydrogen) atoms. The highest BCUT2D eigenvalue weighted by atomic mass is 79.9. The van der Waals surface area contributed by atoms with E-state index in [1.165, 1.54) is 9.87 Å². The molecule has 0 spiro atoms. The summed E-state index contributed by atoms with van der Waals surface area (Å²) in [6.07, 6.45) is 1.61. The van der Waals surface area contributed by atoms with Crippen LogP contribution >= 0.6 is 15.9 Å². The fourth-order valence-corrected chi connectivity index (χ4v) is 7.90. The maximum Gasteiger partial charge on any atom is 0.326 e. The van der Waals surface area contributed by atoms with Crippen LogP contribution in [0.2, 0.25) is 0 Å². The van der Waals surface area contributed by atoms with Gasteiger partial charge in [-0.25, -0.2) is 12.7 Å². The third kappa shape index (κ3) is 4.83. The van der Waals surface area contributed by atoms with Crippen LogP contribution in [-0.4, -0.2) is 59.1 Å². The zero-order valence-electron chi connectivity index (χ0n) is 19.8. The summed E-state index contributed by atoms with van der Waals surface area (Å²) in [5.74, 6) is -0.935. The summed E-state index contributed by atoms with van der Waals surface area (Å²) in [5.41, 5.74) is 3.52. The molecule has 2 aromatic carbocycles. The Morgan fingerprint density at radius 3 is 2.38 bits per heavy atom. The fraction of sp³-hybridized carbons (Fsp3) is 0.500. The number of carboxylic acids is 1. The number of carbonyl (C=O) groups is 1. The number of carboxylic acid groups (broad SMARTS) is 1. The van der Waals surface area contributed by atoms with E-state index in [-0.39, 0.29) is 24.8 Å². The molecule has 0 radical (unpaired) electrons. The van der Waals surface area contributed by atoms with Crippen molar-refractivity contribution in [2.45, 2.75) is 62.8 Å². The van der Waals surface area contributed by atoms with E-state index in [2.05, 4.69) is 39.9 Å². The standard InChI is InChI=1S/C26H33BrN2O4S/c1-19-16-23(8-9-24(19)27)22-10-13-29(14-11-22)34(32,33)26(25(30)31)12-15-28(20(2)17-26)18-21-6-4-3-5-7-21/h3-9,16,20,22H,10-15,17-18H2,1-2H3,(H,30,31). The molecule has 2 aliphatic heterocycles. The Morgan fingerprint density at radius 2 is 1.79 bits per heavy atom. The zero-order chi connectivity index (χ0) is 24.5. The van der Waals surface area contributed by atoms with Crippen LogP contribution in [-0.2, 0) is 21.4 Å². The van der Waals surface area contributed by atoms with Gasteiger partial charge < -0.3 is 5.11 Å². The van der Waals surface area contributed by atoms with Gasteiger partial charge in [-0.3, -0.25) is 9.69 Å². The van der Waals surface area contributed by atoms with E-state index in [0.717, 1.165) is 15.6 Å². The highest BCUT2D eigenvalue weighted by Gasteiger charge is 2.56. The normalized spacial score (nSPS) is 25.3. The average molecular weight is 550 g/mol. The lowest BCUT2D eigenvalue weighted by atomic mass is 9.89. The zero-order valence-corrected chi connectivity index (χ0v) is 22.2. The van der Waals surface area contributed by atoms with E-state index >= 15 is 0 Å². The van der Waals surface area contributed by atoms with Crippen molar-refractivity contribution in [1.82, 2.24) is 9.21 Å². The second kappa shape index (κ2) is 10.1. The number of sulfonamides is 1. The van der Waals surface area contributed by atoms with E-state index in [0.29, 0.717) is 39.0 Å². The van der Waals surface area contributed by atoms with E-state index in [9.17, 15) is 18.3 Å². The molecule has 0 amide bonds. The van der Waals surface area contributed by atoms with Crippen LogP contribution in [0.5, 0.6) is 0 Å². The minimum Gasteiger partial charge on any atom is -0.480 e. The van der Waals surface area contributed by atoms with Gasteiger partial charge >= 0.3 is 5.97 Å². The molecule has 2 heterocycles. The Kier molecular flexibility index (Phi) is 7.53. The summed E-state index contributed by atoms with van der Waals surface area (Å²) < 4.78 is 28.3. The predicted octanol–water partition coefficient (Wildman–Crippen LogP) is 4.77. The Bertz CT molecular complexity index is 1130. The number of rotatable bonds is 6. The lowest BCUT2D eigenvalue weighted by Gasteiger charge is -2.45. The molecular weight excluding hydrogens is 516 g/mol. The van der Waals surface area contributed by atoms with Gasteiger partial charge in [-0.05, 0) is 68.2 Å². The van der Waals surface area contributed by atoms with Gasteiger partial charge in [0.1, 0.15) is 0 Å². The van der Waals surface area contributed by atoms with Crippen LogP contribution < -0.4 is 0 Å². The number of aryl methyl sites for hydroxylation is 1. The summed E-state index contributed by atoms with van der Waals surface area (Å²) >= 11 is 3.53. The molecule has 184 valence electrons. The van der Waals surface area contributed by atoms with Crippen LogP contribution in [0.15, 0.2) is 53.0 Å². The number of halogens is 1. The van der Waals surface area contributed by atoms with Crippen molar-refractivity contribution < 1.29 is 18.3 Å². The van der Waals surface area contributed by atoms with Crippen molar-refractivity contribution in [1.29, 1.82) is 0 Å². The maximum absolute atomic E-state index is 13.8. The van der Waals surface area contributed by atoms with Crippen molar-refractivity contribution >= 4 is 31.9 Å². The number of hydrogen-bond donors (Lipinski definition) is 1. The third-order valence-corrected chi connectivity index (χ3v) is 11.1. The molecule has 1 N–H and O–H groups in total. The van der Waals surface area contributed by atoms with Crippen molar-refractivity contribution in [3.63, 3.8) is 0 Å². The molecule has 2 aromatic rings. The average Bonchev–Trinajstić information content (AvgIpc) is 2.82. The summed E-state index contributed by atoms with van der Waals surface area (Å²) in [7, 11) is -4.00. The number of hydrogen-bond acceptors (Lipinski definition) is 4. The number of benzene rings is 2. The molecule has 2 fully saturated rings. The molecule has 0 aromatic heterocycles. The van der Waals surface area contributed by atoms with Gasteiger partial charge in [0, 0.05) is 36.7 Å². The predicted molar refractivity (Wildman–Crippen MR) is 137 cm³/mol. The quantitative estimate of drug-likeness (QED) is 0.562. The smallest absolute Gasteiger partial charge is 0.326 e. The van der Waals surface area contributed by atoms with Gasteiger partial charge in [-0.2, -0.15) is 0 Å². The van der Waals surface area contributed by atoms with E-state index in [1.807, 2.05) is 43.3 Å². The number of aliphatic carboxylic acids is 1. The molecule has 2 atom stereocenters. The fourth-order valence-electron chi connectivity index (χ4n) is 5.44. The van der Waals surface area contributed by atoms with Gasteiger partial charge in [0.25, 0.3) is 0 Å². The highest BCUT2D eigenvalue weighted by Crippen LogP contribution is 2.40. The first-order valence-electron chi connectivity index (χ1n) is 11.9. The molecule has 2 unspecified atom stereocenters. The van der Waals surface area contributed by atoms with Crippen LogP contribution in [0.3, 0.4) is 0 Å². The first-order valence-corrected chi connectivity index (χ1v) is 14.1. The molecular formula is C26H33BrN2O4S. The highest BCUT2D eigenvalue weighted by molar-refractivity contribution is 9.10. The molecule has 4 rings (SSSR count). The summed E-state index contributed by atoms with van der Waals surface area (Å²) in [6, 6.07) is 16.1. The lowest BCUT2D eigenvalue weighted by Crippen LogP contribution is -2.61. The molecule has 0 saturated carbocycles. The molecule has 0 aliphatic carbocycles. The second-order valence-electron chi connectivity index (χ2n) is 9.75.